The standard InChI is InChI=1S/C21H19BrN2O/c1-14-12-17(23)13-18(22)20(14)24-21(25)19(15-8-4-2-5-9-15)16-10-6-3-7-11-16/h2-13,19H,23H2,1H3,(H,24,25). The minimum Gasteiger partial charge on any atom is -0.399 e. The lowest BCUT2D eigenvalue weighted by atomic mass is 9.90. The molecule has 1 amide bonds. The zero-order valence-electron chi connectivity index (χ0n) is 13.9. The first-order valence-corrected chi connectivity index (χ1v) is 8.82. The smallest absolute Gasteiger partial charge is 0.236 e. The van der Waals surface area contributed by atoms with Gasteiger partial charge in [0.1, 0.15) is 0 Å². The van der Waals surface area contributed by atoms with E-state index in [1.54, 1.807) is 6.07 Å². The summed E-state index contributed by atoms with van der Waals surface area (Å²) in [6.07, 6.45) is 0. The van der Waals surface area contributed by atoms with Gasteiger partial charge < -0.3 is 11.1 Å². The molecule has 3 aromatic rings. The van der Waals surface area contributed by atoms with E-state index in [-0.39, 0.29) is 11.8 Å². The Labute approximate surface area is 156 Å². The summed E-state index contributed by atoms with van der Waals surface area (Å²) in [4.78, 5) is 13.1. The van der Waals surface area contributed by atoms with Crippen LogP contribution in [0.25, 0.3) is 0 Å². The van der Waals surface area contributed by atoms with Gasteiger partial charge in [0.25, 0.3) is 0 Å². The average molecular weight is 395 g/mol. The van der Waals surface area contributed by atoms with Gasteiger partial charge in [-0.05, 0) is 51.7 Å². The molecule has 3 rings (SSSR count). The molecule has 0 aliphatic rings. The van der Waals surface area contributed by atoms with Gasteiger partial charge in [-0.25, -0.2) is 0 Å². The molecule has 0 aliphatic carbocycles. The summed E-state index contributed by atoms with van der Waals surface area (Å²) in [7, 11) is 0. The van der Waals surface area contributed by atoms with Crippen LogP contribution in [0.1, 0.15) is 22.6 Å². The molecule has 0 spiro atoms. The molecule has 0 saturated heterocycles. The van der Waals surface area contributed by atoms with Crippen LogP contribution in [0.15, 0.2) is 77.3 Å². The number of nitrogens with one attached hydrogen (secondary N) is 1. The van der Waals surface area contributed by atoms with E-state index in [4.69, 9.17) is 5.73 Å². The molecule has 0 unspecified atom stereocenters. The Morgan fingerprint density at radius 1 is 0.960 bits per heavy atom. The Hall–Kier alpha value is -2.59. The van der Waals surface area contributed by atoms with Gasteiger partial charge in [0, 0.05) is 10.2 Å². The molecule has 0 aromatic heterocycles. The maximum atomic E-state index is 13.1. The Morgan fingerprint density at radius 2 is 1.48 bits per heavy atom. The van der Waals surface area contributed by atoms with Crippen LogP contribution in [-0.2, 0) is 4.79 Å². The molecule has 126 valence electrons. The quantitative estimate of drug-likeness (QED) is 0.603. The number of aryl methyl sites for hydroxylation is 1. The topological polar surface area (TPSA) is 55.1 Å². The highest BCUT2D eigenvalue weighted by Gasteiger charge is 2.23. The predicted molar refractivity (Wildman–Crippen MR) is 107 cm³/mol. The van der Waals surface area contributed by atoms with Crippen LogP contribution >= 0.6 is 15.9 Å². The highest BCUT2D eigenvalue weighted by atomic mass is 79.9. The molecule has 25 heavy (non-hydrogen) atoms. The fraction of sp³-hybridized carbons (Fsp3) is 0.0952. The van der Waals surface area contributed by atoms with Gasteiger partial charge in [0.15, 0.2) is 0 Å². The maximum Gasteiger partial charge on any atom is 0.236 e. The first kappa shape index (κ1) is 17.2. The van der Waals surface area contributed by atoms with Crippen LogP contribution < -0.4 is 11.1 Å². The summed E-state index contributed by atoms with van der Waals surface area (Å²) < 4.78 is 0.776. The summed E-state index contributed by atoms with van der Waals surface area (Å²) in [5.74, 6) is -0.461. The molecule has 0 aliphatic heterocycles. The molecule has 3 N–H and O–H groups in total. The fourth-order valence-electron chi connectivity index (χ4n) is 2.91. The third kappa shape index (κ3) is 3.91. The molecule has 3 nitrogen and oxygen atoms in total. The molecule has 0 bridgehead atoms. The molecule has 3 aromatic carbocycles. The van der Waals surface area contributed by atoms with E-state index < -0.39 is 0 Å². The van der Waals surface area contributed by atoms with E-state index in [9.17, 15) is 4.79 Å². The molecule has 0 saturated carbocycles. The van der Waals surface area contributed by atoms with Crippen molar-refractivity contribution in [1.29, 1.82) is 0 Å². The van der Waals surface area contributed by atoms with Crippen LogP contribution in [0.4, 0.5) is 11.4 Å². The van der Waals surface area contributed by atoms with Crippen LogP contribution in [0.3, 0.4) is 0 Å². The van der Waals surface area contributed by atoms with Crippen molar-refractivity contribution < 1.29 is 4.79 Å². The lowest BCUT2D eigenvalue weighted by Gasteiger charge is -2.19. The number of amides is 1. The molecule has 0 heterocycles. The van der Waals surface area contributed by atoms with Crippen LogP contribution in [0.2, 0.25) is 0 Å². The number of hydrogen-bond acceptors (Lipinski definition) is 2. The van der Waals surface area contributed by atoms with Crippen molar-refractivity contribution in [3.05, 3.63) is 94.0 Å². The lowest BCUT2D eigenvalue weighted by Crippen LogP contribution is -2.23. The largest absolute Gasteiger partial charge is 0.399 e. The highest BCUT2D eigenvalue weighted by molar-refractivity contribution is 9.10. The fourth-order valence-corrected chi connectivity index (χ4v) is 3.59. The number of halogens is 1. The number of nitrogen functional groups attached to an aromatic ring is 1. The molecule has 0 radical (unpaired) electrons. The SMILES string of the molecule is Cc1cc(N)cc(Br)c1NC(=O)C(c1ccccc1)c1ccccc1. The maximum absolute atomic E-state index is 13.1. The normalized spacial score (nSPS) is 10.7. The first-order chi connectivity index (χ1) is 12.1. The second-order valence-corrected chi connectivity index (χ2v) is 6.79. The van der Waals surface area contributed by atoms with E-state index in [1.165, 1.54) is 0 Å². The van der Waals surface area contributed by atoms with E-state index in [2.05, 4.69) is 21.2 Å². The Bertz CT molecular complexity index is 816. The lowest BCUT2D eigenvalue weighted by molar-refractivity contribution is -0.116. The van der Waals surface area contributed by atoms with E-state index in [0.717, 1.165) is 26.9 Å². The third-order valence-electron chi connectivity index (χ3n) is 4.09. The Kier molecular flexibility index (Phi) is 5.19. The number of carbonyl (C=O) groups excluding carboxylic acids is 1. The molecular formula is C21H19BrN2O. The summed E-state index contributed by atoms with van der Waals surface area (Å²) in [6, 6.07) is 23.2. The third-order valence-corrected chi connectivity index (χ3v) is 4.71. The van der Waals surface area contributed by atoms with E-state index >= 15 is 0 Å². The summed E-state index contributed by atoms with van der Waals surface area (Å²) >= 11 is 3.49. The van der Waals surface area contributed by atoms with E-state index in [0.29, 0.717) is 5.69 Å². The van der Waals surface area contributed by atoms with Crippen molar-refractivity contribution in [2.24, 2.45) is 0 Å². The zero-order valence-corrected chi connectivity index (χ0v) is 15.5. The van der Waals surface area contributed by atoms with Crippen molar-refractivity contribution in [3.8, 4) is 0 Å². The van der Waals surface area contributed by atoms with Crippen LogP contribution in [0, 0.1) is 6.92 Å². The number of anilines is 2. The number of rotatable bonds is 4. The van der Waals surface area contributed by atoms with Crippen LogP contribution in [0.5, 0.6) is 0 Å². The van der Waals surface area contributed by atoms with Crippen molar-refractivity contribution >= 4 is 33.2 Å². The Balaban J connectivity index is 1.99. The monoisotopic (exact) mass is 394 g/mol. The van der Waals surface area contributed by atoms with Gasteiger partial charge in [0.05, 0.1) is 11.6 Å². The van der Waals surface area contributed by atoms with Crippen molar-refractivity contribution in [2.75, 3.05) is 11.1 Å². The second kappa shape index (κ2) is 7.53. The molecule has 0 fully saturated rings. The molecular weight excluding hydrogens is 376 g/mol. The molecule has 4 heteroatoms. The first-order valence-electron chi connectivity index (χ1n) is 8.02. The summed E-state index contributed by atoms with van der Waals surface area (Å²) in [5.41, 5.74) is 10.1. The van der Waals surface area contributed by atoms with Crippen molar-refractivity contribution in [1.82, 2.24) is 0 Å². The highest BCUT2D eigenvalue weighted by Crippen LogP contribution is 2.32. The Morgan fingerprint density at radius 3 is 1.96 bits per heavy atom. The molecule has 0 atom stereocenters. The van der Waals surface area contributed by atoms with Gasteiger partial charge in [-0.2, -0.15) is 0 Å². The minimum atomic E-state index is -0.383. The van der Waals surface area contributed by atoms with E-state index in [1.807, 2.05) is 73.7 Å². The summed E-state index contributed by atoms with van der Waals surface area (Å²) in [6.45, 7) is 1.93. The number of carbonyl (C=O) groups is 1. The van der Waals surface area contributed by atoms with Crippen molar-refractivity contribution in [2.45, 2.75) is 12.8 Å². The van der Waals surface area contributed by atoms with Crippen molar-refractivity contribution in [3.63, 3.8) is 0 Å². The van der Waals surface area contributed by atoms with Gasteiger partial charge in [-0.3, -0.25) is 4.79 Å². The second-order valence-electron chi connectivity index (χ2n) is 5.94. The number of benzene rings is 3. The zero-order chi connectivity index (χ0) is 17.8. The van der Waals surface area contributed by atoms with Gasteiger partial charge in [-0.15, -0.1) is 0 Å². The van der Waals surface area contributed by atoms with Crippen LogP contribution in [-0.4, -0.2) is 5.91 Å². The number of hydrogen-bond donors (Lipinski definition) is 2. The minimum absolute atomic E-state index is 0.0778. The van der Waals surface area contributed by atoms with Gasteiger partial charge >= 0.3 is 0 Å². The van der Waals surface area contributed by atoms with Gasteiger partial charge in [-0.1, -0.05) is 60.7 Å². The average Bonchev–Trinajstić information content (AvgIpc) is 2.60. The van der Waals surface area contributed by atoms with Gasteiger partial charge in [0.2, 0.25) is 5.91 Å². The predicted octanol–water partition coefficient (Wildman–Crippen LogP) is 5.11. The summed E-state index contributed by atoms with van der Waals surface area (Å²) in [5, 5.41) is 3.06. The number of nitrogens with two attached hydrogens (primary N) is 1.